The van der Waals surface area contributed by atoms with Crippen LogP contribution in [-0.2, 0) is 0 Å². The molecule has 0 saturated heterocycles. The van der Waals surface area contributed by atoms with Crippen molar-refractivity contribution in [3.63, 3.8) is 0 Å². The van der Waals surface area contributed by atoms with E-state index in [0.717, 1.165) is 0 Å². The maximum Gasteiger partial charge on any atom is 0.376 e. The first-order valence-corrected chi connectivity index (χ1v) is 3.71. The first kappa shape index (κ1) is 14.0. The Morgan fingerprint density at radius 2 is 1.53 bits per heavy atom. The van der Waals surface area contributed by atoms with Crippen LogP contribution >= 0.6 is 0 Å². The van der Waals surface area contributed by atoms with Gasteiger partial charge in [0.05, 0.1) is 0 Å². The predicted molar refractivity (Wildman–Crippen MR) is 35.6 cm³/mol. The molecule has 15 heavy (non-hydrogen) atoms. The van der Waals surface area contributed by atoms with Crippen molar-refractivity contribution in [2.45, 2.75) is 37.3 Å². The van der Waals surface area contributed by atoms with Crippen LogP contribution in [0.25, 0.3) is 0 Å². The van der Waals surface area contributed by atoms with Gasteiger partial charge in [0.25, 0.3) is 6.17 Å². The van der Waals surface area contributed by atoms with Gasteiger partial charge in [-0.25, -0.2) is 4.39 Å². The van der Waals surface area contributed by atoms with E-state index in [4.69, 9.17) is 5.26 Å². The Kier molecular flexibility index (Phi) is 3.61. The van der Waals surface area contributed by atoms with Crippen LogP contribution in [0.3, 0.4) is 0 Å². The van der Waals surface area contributed by atoms with Crippen molar-refractivity contribution in [2.75, 3.05) is 0 Å². The minimum Gasteiger partial charge on any atom is -0.224 e. The van der Waals surface area contributed by atoms with Gasteiger partial charge in [0.1, 0.15) is 6.07 Å². The van der Waals surface area contributed by atoms with Gasteiger partial charge < -0.3 is 0 Å². The normalized spacial score (nSPS) is 15.9. The van der Waals surface area contributed by atoms with Gasteiger partial charge in [-0.1, -0.05) is 6.92 Å². The molecule has 0 bridgehead atoms. The van der Waals surface area contributed by atoms with Gasteiger partial charge in [-0.3, -0.25) is 0 Å². The van der Waals surface area contributed by atoms with Gasteiger partial charge >= 0.3 is 17.8 Å². The fourth-order valence-electron chi connectivity index (χ4n) is 0.706. The Morgan fingerprint density at radius 1 is 1.13 bits per heavy atom. The molecule has 0 aromatic rings. The summed E-state index contributed by atoms with van der Waals surface area (Å²) >= 11 is 0. The maximum absolute atomic E-state index is 12.5. The van der Waals surface area contributed by atoms with E-state index in [1.165, 1.54) is 0 Å². The van der Waals surface area contributed by atoms with E-state index in [1.807, 2.05) is 0 Å². The molecule has 0 N–H and O–H groups in total. The molecule has 0 fully saturated rings. The van der Waals surface area contributed by atoms with Gasteiger partial charge in [-0.05, 0) is 0 Å². The second kappa shape index (κ2) is 3.87. The summed E-state index contributed by atoms with van der Waals surface area (Å²) in [6.07, 6.45) is -5.57. The zero-order valence-electron chi connectivity index (χ0n) is 7.38. The lowest BCUT2D eigenvalue weighted by atomic mass is 9.99. The van der Waals surface area contributed by atoms with Crippen molar-refractivity contribution in [3.05, 3.63) is 0 Å². The lowest BCUT2D eigenvalue weighted by Crippen LogP contribution is -2.57. The summed E-state index contributed by atoms with van der Waals surface area (Å²) in [5, 5.41) is 7.69. The van der Waals surface area contributed by atoms with Crippen molar-refractivity contribution < 1.29 is 30.7 Å². The van der Waals surface area contributed by atoms with Crippen molar-refractivity contribution in [2.24, 2.45) is 0 Å². The molecule has 0 saturated carbocycles. The van der Waals surface area contributed by atoms with Crippen LogP contribution in [0.1, 0.15) is 13.3 Å². The molecular formula is C7H6F7N. The van der Waals surface area contributed by atoms with E-state index >= 15 is 0 Å². The highest BCUT2D eigenvalue weighted by Crippen LogP contribution is 2.49. The average molecular weight is 237 g/mol. The van der Waals surface area contributed by atoms with E-state index in [-0.39, 0.29) is 6.07 Å². The Morgan fingerprint density at radius 3 is 1.80 bits per heavy atom. The highest BCUT2D eigenvalue weighted by atomic mass is 19.3. The number of alkyl halides is 7. The van der Waals surface area contributed by atoms with Crippen LogP contribution in [0.15, 0.2) is 0 Å². The van der Waals surface area contributed by atoms with Crippen molar-refractivity contribution in [1.82, 2.24) is 0 Å². The minimum atomic E-state index is -5.90. The van der Waals surface area contributed by atoms with Crippen LogP contribution in [0.2, 0.25) is 0 Å². The first-order chi connectivity index (χ1) is 6.54. The lowest BCUT2D eigenvalue weighted by molar-refractivity contribution is -0.319. The molecule has 0 spiro atoms. The summed E-state index contributed by atoms with van der Waals surface area (Å²) in [5.74, 6) is -16.7. The summed E-state index contributed by atoms with van der Waals surface area (Å²) in [7, 11) is 0. The molecule has 8 heteroatoms. The molecule has 0 heterocycles. The van der Waals surface area contributed by atoms with E-state index in [9.17, 15) is 30.7 Å². The molecule has 88 valence electrons. The van der Waals surface area contributed by atoms with Gasteiger partial charge in [0.2, 0.25) is 0 Å². The quantitative estimate of drug-likeness (QED) is 0.689. The predicted octanol–water partition coefficient (Wildman–Crippen LogP) is 3.16. The molecule has 0 aliphatic rings. The molecule has 1 atom stereocenters. The zero-order chi connectivity index (χ0) is 12.5. The highest BCUT2D eigenvalue weighted by Gasteiger charge is 2.74. The number of halogens is 7. The summed E-state index contributed by atoms with van der Waals surface area (Å²) in [4.78, 5) is 0. The second-order valence-electron chi connectivity index (χ2n) is 2.75. The topological polar surface area (TPSA) is 23.8 Å². The van der Waals surface area contributed by atoms with Gasteiger partial charge in [0.15, 0.2) is 0 Å². The van der Waals surface area contributed by atoms with Crippen molar-refractivity contribution in [3.8, 4) is 6.07 Å². The number of nitrogens with zero attached hydrogens (tertiary/aromatic N) is 1. The number of rotatable bonds is 4. The number of hydrogen-bond acceptors (Lipinski definition) is 1. The Balaban J connectivity index is 5.29. The van der Waals surface area contributed by atoms with Crippen LogP contribution < -0.4 is 0 Å². The van der Waals surface area contributed by atoms with E-state index in [2.05, 4.69) is 0 Å². The molecule has 0 radical (unpaired) electrons. The first-order valence-electron chi connectivity index (χ1n) is 3.71. The van der Waals surface area contributed by atoms with E-state index in [0.29, 0.717) is 6.92 Å². The summed E-state index contributed by atoms with van der Waals surface area (Å²) < 4.78 is 86.9. The molecule has 1 unspecified atom stereocenters. The van der Waals surface area contributed by atoms with E-state index < -0.39 is 30.4 Å². The van der Waals surface area contributed by atoms with Crippen molar-refractivity contribution in [1.29, 1.82) is 5.26 Å². The molecule has 0 aliphatic heterocycles. The van der Waals surface area contributed by atoms with Gasteiger partial charge in [-0.2, -0.15) is 31.6 Å². The molecular weight excluding hydrogens is 231 g/mol. The Labute approximate surface area is 80.5 Å². The smallest absolute Gasteiger partial charge is 0.224 e. The zero-order valence-corrected chi connectivity index (χ0v) is 7.38. The van der Waals surface area contributed by atoms with Crippen LogP contribution in [-0.4, -0.2) is 23.9 Å². The van der Waals surface area contributed by atoms with Crippen molar-refractivity contribution >= 4 is 0 Å². The summed E-state index contributed by atoms with van der Waals surface area (Å²) in [6.45, 7) is 0.545. The average Bonchev–Trinajstić information content (AvgIpc) is 2.15. The Hall–Kier alpha value is -1.00. The third kappa shape index (κ3) is 2.01. The lowest BCUT2D eigenvalue weighted by Gasteiger charge is -2.31. The van der Waals surface area contributed by atoms with Gasteiger partial charge in [0, 0.05) is 6.42 Å². The molecule has 0 aromatic carbocycles. The molecule has 0 rings (SSSR count). The second-order valence-corrected chi connectivity index (χ2v) is 2.75. The van der Waals surface area contributed by atoms with E-state index in [1.54, 1.807) is 0 Å². The van der Waals surface area contributed by atoms with Crippen LogP contribution in [0, 0.1) is 11.3 Å². The molecule has 0 amide bonds. The molecule has 1 nitrogen and oxygen atoms in total. The third-order valence-corrected chi connectivity index (χ3v) is 1.75. The molecule has 0 aromatic heterocycles. The third-order valence-electron chi connectivity index (χ3n) is 1.75. The standard InChI is InChI=1S/C7H6F7N/c1-2-5(9,10)7(13,14)6(11,12)4(8)3-15/h4H,2H2,1H3. The monoisotopic (exact) mass is 237 g/mol. The largest absolute Gasteiger partial charge is 0.376 e. The SMILES string of the molecule is CCC(F)(F)C(F)(F)C(F)(F)C(F)C#N. The fraction of sp³-hybridized carbons (Fsp3) is 0.857. The number of hydrogen-bond donors (Lipinski definition) is 0. The van der Waals surface area contributed by atoms with Crippen LogP contribution in [0.5, 0.6) is 0 Å². The summed E-state index contributed by atoms with van der Waals surface area (Å²) in [6, 6.07) is 0.177. The van der Waals surface area contributed by atoms with Gasteiger partial charge in [-0.15, -0.1) is 0 Å². The van der Waals surface area contributed by atoms with Crippen LogP contribution in [0.4, 0.5) is 30.7 Å². The Bertz CT molecular complexity index is 267. The highest BCUT2D eigenvalue weighted by molar-refractivity contribution is 5.06. The maximum atomic E-state index is 12.5. The number of nitriles is 1. The molecule has 0 aliphatic carbocycles. The summed E-state index contributed by atoms with van der Waals surface area (Å²) in [5.41, 5.74) is 0. The minimum absolute atomic E-state index is 0.177. The fourth-order valence-corrected chi connectivity index (χ4v) is 0.706.